The van der Waals surface area contributed by atoms with Crippen LogP contribution in [0, 0.1) is 0 Å². The summed E-state index contributed by atoms with van der Waals surface area (Å²) in [4.78, 5) is 11.9. The summed E-state index contributed by atoms with van der Waals surface area (Å²) in [7, 11) is 3.12. The van der Waals surface area contributed by atoms with Crippen LogP contribution in [0.1, 0.15) is 11.5 Å². The van der Waals surface area contributed by atoms with Gasteiger partial charge in [-0.25, -0.2) is 4.79 Å². The third kappa shape index (κ3) is 4.94. The molecule has 0 saturated heterocycles. The molecule has 7 heteroatoms. The summed E-state index contributed by atoms with van der Waals surface area (Å²) in [6, 6.07) is 14.6. The number of carbonyl (C=O) groups is 1. The minimum Gasteiger partial charge on any atom is -0.497 e. The van der Waals surface area contributed by atoms with Gasteiger partial charge in [-0.1, -0.05) is 18.2 Å². The summed E-state index contributed by atoms with van der Waals surface area (Å²) in [6.07, 6.45) is 2.92. The topological polar surface area (TPSA) is 83.7 Å². The van der Waals surface area contributed by atoms with Crippen LogP contribution < -0.4 is 9.47 Å². The molecule has 0 unspecified atom stereocenters. The molecule has 3 aromatic rings. The van der Waals surface area contributed by atoms with Crippen molar-refractivity contribution < 1.29 is 23.4 Å². The van der Waals surface area contributed by atoms with E-state index in [4.69, 9.17) is 18.6 Å². The molecule has 1 heterocycles. The second-order valence-electron chi connectivity index (χ2n) is 5.45. The second-order valence-corrected chi connectivity index (χ2v) is 5.45. The van der Waals surface area contributed by atoms with Crippen molar-refractivity contribution in [2.75, 3.05) is 14.2 Å². The van der Waals surface area contributed by atoms with Crippen LogP contribution in [0.2, 0.25) is 0 Å². The summed E-state index contributed by atoms with van der Waals surface area (Å²) >= 11 is 0. The maximum Gasteiger partial charge on any atom is 0.331 e. The molecule has 138 valence electrons. The standard InChI is InChI=1S/C20H18N2O5/c1-24-16-10-14(11-17(12-16)25-2)8-9-19(23)26-13-18-21-22-20(27-18)15-6-4-3-5-7-15/h3-12H,13H2,1-2H3/b9-8+. The quantitative estimate of drug-likeness (QED) is 0.467. The molecular formula is C20H18N2O5. The Morgan fingerprint density at radius 3 is 2.41 bits per heavy atom. The third-order valence-electron chi connectivity index (χ3n) is 3.61. The van der Waals surface area contributed by atoms with Gasteiger partial charge in [0.1, 0.15) is 11.5 Å². The zero-order valence-electron chi connectivity index (χ0n) is 14.9. The minimum atomic E-state index is -0.531. The fourth-order valence-electron chi connectivity index (χ4n) is 2.28. The van der Waals surface area contributed by atoms with Crippen LogP contribution in [0.4, 0.5) is 0 Å². The van der Waals surface area contributed by atoms with E-state index in [1.165, 1.54) is 6.08 Å². The fourth-order valence-corrected chi connectivity index (χ4v) is 2.28. The molecule has 0 fully saturated rings. The summed E-state index contributed by atoms with van der Waals surface area (Å²) in [5, 5.41) is 7.82. The molecule has 0 aliphatic carbocycles. The number of esters is 1. The van der Waals surface area contributed by atoms with Gasteiger partial charge in [0.05, 0.1) is 14.2 Å². The van der Waals surface area contributed by atoms with E-state index < -0.39 is 5.97 Å². The Morgan fingerprint density at radius 2 is 1.74 bits per heavy atom. The molecule has 0 N–H and O–H groups in total. The maximum absolute atomic E-state index is 11.9. The van der Waals surface area contributed by atoms with Crippen LogP contribution in [0.25, 0.3) is 17.5 Å². The van der Waals surface area contributed by atoms with E-state index in [1.54, 1.807) is 38.5 Å². The van der Waals surface area contributed by atoms with E-state index in [1.807, 2.05) is 30.3 Å². The second kappa shape index (κ2) is 8.66. The first-order valence-electron chi connectivity index (χ1n) is 8.13. The van der Waals surface area contributed by atoms with Crippen molar-refractivity contribution in [3.05, 3.63) is 66.1 Å². The van der Waals surface area contributed by atoms with Gasteiger partial charge in [-0.2, -0.15) is 0 Å². The largest absolute Gasteiger partial charge is 0.497 e. The van der Waals surface area contributed by atoms with Gasteiger partial charge < -0.3 is 18.6 Å². The fraction of sp³-hybridized carbons (Fsp3) is 0.150. The Kier molecular flexibility index (Phi) is 5.84. The van der Waals surface area contributed by atoms with E-state index in [0.717, 1.165) is 11.1 Å². The normalized spacial score (nSPS) is 10.7. The van der Waals surface area contributed by atoms with Crippen LogP contribution in [0.5, 0.6) is 11.5 Å². The van der Waals surface area contributed by atoms with Crippen LogP contribution in [-0.2, 0) is 16.1 Å². The average Bonchev–Trinajstić information content (AvgIpc) is 3.20. The molecule has 7 nitrogen and oxygen atoms in total. The van der Waals surface area contributed by atoms with E-state index in [2.05, 4.69) is 10.2 Å². The highest BCUT2D eigenvalue weighted by molar-refractivity contribution is 5.87. The van der Waals surface area contributed by atoms with Crippen molar-refractivity contribution in [2.24, 2.45) is 0 Å². The number of carbonyl (C=O) groups excluding carboxylic acids is 1. The lowest BCUT2D eigenvalue weighted by molar-refractivity contribution is -0.139. The van der Waals surface area contributed by atoms with Crippen molar-refractivity contribution >= 4 is 12.0 Å². The number of benzene rings is 2. The molecule has 1 aromatic heterocycles. The Labute approximate surface area is 156 Å². The molecule has 0 saturated carbocycles. The minimum absolute atomic E-state index is 0.107. The average molecular weight is 366 g/mol. The molecule has 0 aliphatic heterocycles. The number of methoxy groups -OCH3 is 2. The molecule has 3 rings (SSSR count). The van der Waals surface area contributed by atoms with Crippen molar-refractivity contribution in [3.8, 4) is 23.0 Å². The van der Waals surface area contributed by atoms with E-state index >= 15 is 0 Å². The predicted octanol–water partition coefficient (Wildman–Crippen LogP) is 3.51. The van der Waals surface area contributed by atoms with Crippen molar-refractivity contribution in [3.63, 3.8) is 0 Å². The Morgan fingerprint density at radius 1 is 1.04 bits per heavy atom. The number of hydrogen-bond acceptors (Lipinski definition) is 7. The van der Waals surface area contributed by atoms with Gasteiger partial charge in [-0.15, -0.1) is 10.2 Å². The van der Waals surface area contributed by atoms with Gasteiger partial charge >= 0.3 is 5.97 Å². The first kappa shape index (κ1) is 18.2. The molecule has 0 spiro atoms. The zero-order valence-corrected chi connectivity index (χ0v) is 14.9. The Balaban J connectivity index is 1.59. The molecule has 0 atom stereocenters. The van der Waals surface area contributed by atoms with E-state index in [-0.39, 0.29) is 12.5 Å². The lowest BCUT2D eigenvalue weighted by atomic mass is 10.2. The van der Waals surface area contributed by atoms with Crippen molar-refractivity contribution in [2.45, 2.75) is 6.61 Å². The lowest BCUT2D eigenvalue weighted by Gasteiger charge is -2.05. The Hall–Kier alpha value is -3.61. The first-order valence-corrected chi connectivity index (χ1v) is 8.13. The van der Waals surface area contributed by atoms with Gasteiger partial charge in [0.2, 0.25) is 5.89 Å². The molecule has 0 amide bonds. The zero-order chi connectivity index (χ0) is 19.1. The Bertz CT molecular complexity index is 912. The van der Waals surface area contributed by atoms with Gasteiger partial charge in [0.25, 0.3) is 5.89 Å². The van der Waals surface area contributed by atoms with Gasteiger partial charge in [-0.05, 0) is 35.9 Å². The number of aromatic nitrogens is 2. The first-order chi connectivity index (χ1) is 13.2. The van der Waals surface area contributed by atoms with E-state index in [9.17, 15) is 4.79 Å². The van der Waals surface area contributed by atoms with Crippen molar-refractivity contribution in [1.29, 1.82) is 0 Å². The SMILES string of the molecule is COc1cc(/C=C/C(=O)OCc2nnc(-c3ccccc3)o2)cc(OC)c1. The highest BCUT2D eigenvalue weighted by Gasteiger charge is 2.09. The van der Waals surface area contributed by atoms with Crippen LogP contribution >= 0.6 is 0 Å². The van der Waals surface area contributed by atoms with Crippen LogP contribution in [0.15, 0.2) is 59.0 Å². The predicted molar refractivity (Wildman–Crippen MR) is 98.1 cm³/mol. The highest BCUT2D eigenvalue weighted by Crippen LogP contribution is 2.23. The molecule has 0 radical (unpaired) electrons. The summed E-state index contributed by atoms with van der Waals surface area (Å²) in [5.74, 6) is 1.32. The number of hydrogen-bond donors (Lipinski definition) is 0. The summed E-state index contributed by atoms with van der Waals surface area (Å²) in [6.45, 7) is -0.107. The maximum atomic E-state index is 11.9. The van der Waals surface area contributed by atoms with Gasteiger partial charge in [-0.3, -0.25) is 0 Å². The van der Waals surface area contributed by atoms with Crippen LogP contribution in [-0.4, -0.2) is 30.4 Å². The molecule has 0 aliphatic rings. The van der Waals surface area contributed by atoms with E-state index in [0.29, 0.717) is 17.4 Å². The summed E-state index contributed by atoms with van der Waals surface area (Å²) in [5.41, 5.74) is 1.54. The molecule has 2 aromatic carbocycles. The smallest absolute Gasteiger partial charge is 0.331 e. The number of ether oxygens (including phenoxy) is 3. The monoisotopic (exact) mass is 366 g/mol. The highest BCUT2D eigenvalue weighted by atomic mass is 16.5. The number of rotatable bonds is 7. The lowest BCUT2D eigenvalue weighted by Crippen LogP contribution is -2.01. The van der Waals surface area contributed by atoms with Crippen molar-refractivity contribution in [1.82, 2.24) is 10.2 Å². The van der Waals surface area contributed by atoms with Gasteiger partial charge in [0, 0.05) is 17.7 Å². The number of nitrogens with zero attached hydrogens (tertiary/aromatic N) is 2. The molecule has 0 bridgehead atoms. The molecular weight excluding hydrogens is 348 g/mol. The van der Waals surface area contributed by atoms with Crippen LogP contribution in [0.3, 0.4) is 0 Å². The molecule has 27 heavy (non-hydrogen) atoms. The van der Waals surface area contributed by atoms with Gasteiger partial charge in [0.15, 0.2) is 6.61 Å². The summed E-state index contributed by atoms with van der Waals surface area (Å²) < 4.78 is 21.0. The third-order valence-corrected chi connectivity index (χ3v) is 3.61.